The van der Waals surface area contributed by atoms with Crippen molar-refractivity contribution in [3.63, 3.8) is 0 Å². The molecular weight excluding hydrogens is 356 g/mol. The number of amides is 1. The third-order valence-corrected chi connectivity index (χ3v) is 3.99. The summed E-state index contributed by atoms with van der Waals surface area (Å²) in [7, 11) is 2.04. The van der Waals surface area contributed by atoms with Gasteiger partial charge in [0, 0.05) is 23.8 Å². The highest BCUT2D eigenvalue weighted by molar-refractivity contribution is 6.06. The van der Waals surface area contributed by atoms with E-state index >= 15 is 0 Å². The fourth-order valence-electron chi connectivity index (χ4n) is 2.79. The van der Waals surface area contributed by atoms with Crippen molar-refractivity contribution in [3.05, 3.63) is 48.2 Å². The van der Waals surface area contributed by atoms with E-state index in [0.717, 1.165) is 16.6 Å². The van der Waals surface area contributed by atoms with Gasteiger partial charge in [0.1, 0.15) is 7.05 Å². The van der Waals surface area contributed by atoms with Crippen molar-refractivity contribution in [1.82, 2.24) is 0 Å². The van der Waals surface area contributed by atoms with Gasteiger partial charge in [-0.05, 0) is 25.1 Å². The fraction of sp³-hybridized carbons (Fsp3) is 0.222. The zero-order chi connectivity index (χ0) is 15.7. The predicted octanol–water partition coefficient (Wildman–Crippen LogP) is 0.698. The number of aromatic nitrogens is 1. The molecule has 4 nitrogen and oxygen atoms in total. The molecule has 2 aromatic carbocycles. The number of halogens is 1. The standard InChI is InChI=1S/C18H18N2O2.BrH/c1-4-22-18(21)19-13-9-10-16-15-8-6-5-7-14(15)12(2)20(3)17(16)11-13;/h5-11H,4H2,1-3H3;1H. The van der Waals surface area contributed by atoms with Crippen LogP contribution in [0.2, 0.25) is 0 Å². The van der Waals surface area contributed by atoms with Gasteiger partial charge in [-0.25, -0.2) is 4.79 Å². The molecule has 0 radical (unpaired) electrons. The number of fused-ring (bicyclic) bond motifs is 3. The Kier molecular flexibility index (Phi) is 5.21. The van der Waals surface area contributed by atoms with Crippen LogP contribution < -0.4 is 26.9 Å². The van der Waals surface area contributed by atoms with Crippen LogP contribution in [0.3, 0.4) is 0 Å². The third-order valence-electron chi connectivity index (χ3n) is 3.99. The first-order valence-corrected chi connectivity index (χ1v) is 7.36. The van der Waals surface area contributed by atoms with E-state index in [1.807, 2.05) is 31.3 Å². The molecule has 0 atom stereocenters. The summed E-state index contributed by atoms with van der Waals surface area (Å²) >= 11 is 0. The zero-order valence-corrected chi connectivity index (χ0v) is 15.0. The molecule has 0 aliphatic rings. The Morgan fingerprint density at radius 1 is 1.13 bits per heavy atom. The van der Waals surface area contributed by atoms with Gasteiger partial charge in [-0.15, -0.1) is 0 Å². The van der Waals surface area contributed by atoms with Gasteiger partial charge in [0.05, 0.1) is 17.7 Å². The monoisotopic (exact) mass is 374 g/mol. The first kappa shape index (κ1) is 17.2. The predicted molar refractivity (Wildman–Crippen MR) is 88.0 cm³/mol. The Labute approximate surface area is 145 Å². The second-order valence-electron chi connectivity index (χ2n) is 5.27. The molecule has 3 rings (SSSR count). The number of nitrogens with zero attached hydrogens (tertiary/aromatic N) is 1. The topological polar surface area (TPSA) is 42.2 Å². The average Bonchev–Trinajstić information content (AvgIpc) is 2.53. The molecule has 1 N–H and O–H groups in total. The molecule has 0 unspecified atom stereocenters. The molecule has 120 valence electrons. The summed E-state index contributed by atoms with van der Waals surface area (Å²) < 4.78 is 7.07. The summed E-state index contributed by atoms with van der Waals surface area (Å²) in [5, 5.41) is 6.38. The molecule has 0 fully saturated rings. The second-order valence-corrected chi connectivity index (χ2v) is 5.27. The van der Waals surface area contributed by atoms with Crippen LogP contribution in [0, 0.1) is 6.92 Å². The molecule has 5 heteroatoms. The number of carbonyl (C=O) groups excluding carboxylic acids is 1. The minimum Gasteiger partial charge on any atom is -1.00 e. The van der Waals surface area contributed by atoms with Gasteiger partial charge in [-0.3, -0.25) is 5.32 Å². The Morgan fingerprint density at radius 2 is 1.83 bits per heavy atom. The number of benzene rings is 2. The number of aryl methyl sites for hydroxylation is 2. The van der Waals surface area contributed by atoms with Crippen molar-refractivity contribution in [1.29, 1.82) is 0 Å². The van der Waals surface area contributed by atoms with Gasteiger partial charge in [0.2, 0.25) is 5.52 Å². The van der Waals surface area contributed by atoms with Crippen LogP contribution in [-0.2, 0) is 11.8 Å². The highest BCUT2D eigenvalue weighted by Gasteiger charge is 2.16. The summed E-state index contributed by atoms with van der Waals surface area (Å²) in [4.78, 5) is 11.6. The quantitative estimate of drug-likeness (QED) is 0.529. The van der Waals surface area contributed by atoms with Crippen molar-refractivity contribution in [3.8, 4) is 0 Å². The Balaban J connectivity index is 0.00000192. The molecule has 0 aliphatic carbocycles. The number of hydrogen-bond donors (Lipinski definition) is 1. The number of carbonyl (C=O) groups is 1. The van der Waals surface area contributed by atoms with E-state index in [1.165, 1.54) is 16.5 Å². The smallest absolute Gasteiger partial charge is 0.411 e. The number of rotatable bonds is 2. The van der Waals surface area contributed by atoms with E-state index < -0.39 is 6.09 Å². The number of ether oxygens (including phenoxy) is 1. The fourth-order valence-corrected chi connectivity index (χ4v) is 2.79. The van der Waals surface area contributed by atoms with Crippen LogP contribution in [0.1, 0.15) is 12.6 Å². The van der Waals surface area contributed by atoms with Gasteiger partial charge in [-0.1, -0.05) is 18.2 Å². The zero-order valence-electron chi connectivity index (χ0n) is 13.4. The van der Waals surface area contributed by atoms with Gasteiger partial charge in [0.15, 0.2) is 5.69 Å². The first-order valence-electron chi connectivity index (χ1n) is 7.36. The molecule has 0 saturated carbocycles. The van der Waals surface area contributed by atoms with E-state index in [0.29, 0.717) is 6.61 Å². The maximum absolute atomic E-state index is 11.6. The van der Waals surface area contributed by atoms with Crippen LogP contribution >= 0.6 is 0 Å². The molecule has 3 aromatic rings. The maximum atomic E-state index is 11.6. The van der Waals surface area contributed by atoms with Crippen LogP contribution in [0.4, 0.5) is 10.5 Å². The van der Waals surface area contributed by atoms with Gasteiger partial charge < -0.3 is 21.7 Å². The summed E-state index contributed by atoms with van der Waals surface area (Å²) in [6, 6.07) is 14.3. The molecule has 1 aromatic heterocycles. The molecule has 0 bridgehead atoms. The number of pyridine rings is 1. The van der Waals surface area contributed by atoms with Crippen molar-refractivity contribution in [2.75, 3.05) is 11.9 Å². The maximum Gasteiger partial charge on any atom is 0.411 e. The molecular formula is C18H19BrN2O2. The Hall–Kier alpha value is -2.14. The highest BCUT2D eigenvalue weighted by Crippen LogP contribution is 2.26. The van der Waals surface area contributed by atoms with E-state index in [2.05, 4.69) is 35.0 Å². The van der Waals surface area contributed by atoms with Crippen LogP contribution in [-0.4, -0.2) is 12.7 Å². The third kappa shape index (κ3) is 3.15. The first-order chi connectivity index (χ1) is 10.6. The van der Waals surface area contributed by atoms with Crippen LogP contribution in [0.25, 0.3) is 21.7 Å². The van der Waals surface area contributed by atoms with Crippen molar-refractivity contribution < 1.29 is 31.1 Å². The molecule has 0 spiro atoms. The second kappa shape index (κ2) is 6.96. The summed E-state index contributed by atoms with van der Waals surface area (Å²) in [5.74, 6) is 0. The van der Waals surface area contributed by atoms with Crippen molar-refractivity contribution in [2.24, 2.45) is 7.05 Å². The molecule has 1 heterocycles. The normalized spacial score (nSPS) is 10.4. The lowest BCUT2D eigenvalue weighted by molar-refractivity contribution is -0.649. The lowest BCUT2D eigenvalue weighted by Gasteiger charge is -2.09. The average molecular weight is 375 g/mol. The van der Waals surface area contributed by atoms with E-state index in [-0.39, 0.29) is 17.0 Å². The van der Waals surface area contributed by atoms with Gasteiger partial charge in [0.25, 0.3) is 0 Å². The van der Waals surface area contributed by atoms with Gasteiger partial charge in [-0.2, -0.15) is 4.57 Å². The minimum atomic E-state index is -0.429. The largest absolute Gasteiger partial charge is 1.00 e. The lowest BCUT2D eigenvalue weighted by atomic mass is 10.0. The van der Waals surface area contributed by atoms with E-state index in [4.69, 9.17) is 4.74 Å². The van der Waals surface area contributed by atoms with Crippen LogP contribution in [0.15, 0.2) is 42.5 Å². The number of nitrogens with one attached hydrogen (secondary N) is 1. The number of hydrogen-bond acceptors (Lipinski definition) is 2. The number of anilines is 1. The van der Waals surface area contributed by atoms with Crippen molar-refractivity contribution >= 4 is 33.5 Å². The van der Waals surface area contributed by atoms with E-state index in [9.17, 15) is 4.79 Å². The van der Waals surface area contributed by atoms with E-state index in [1.54, 1.807) is 6.92 Å². The molecule has 0 saturated heterocycles. The van der Waals surface area contributed by atoms with Gasteiger partial charge >= 0.3 is 6.09 Å². The van der Waals surface area contributed by atoms with Crippen molar-refractivity contribution in [2.45, 2.75) is 13.8 Å². The summed E-state index contributed by atoms with van der Waals surface area (Å²) in [6.07, 6.45) is -0.429. The Morgan fingerprint density at radius 3 is 2.52 bits per heavy atom. The Bertz CT molecular complexity index is 878. The molecule has 0 aliphatic heterocycles. The molecule has 23 heavy (non-hydrogen) atoms. The summed E-state index contributed by atoms with van der Waals surface area (Å²) in [6.45, 7) is 4.25. The molecule has 1 amide bonds. The summed E-state index contributed by atoms with van der Waals surface area (Å²) in [5.41, 5.74) is 3.00. The SMILES string of the molecule is CCOC(=O)Nc1ccc2c3ccccc3c(C)[n+](C)c2c1.[Br-]. The minimum absolute atomic E-state index is 0. The highest BCUT2D eigenvalue weighted by atomic mass is 79.9. The lowest BCUT2D eigenvalue weighted by Crippen LogP contribution is -3.00. The van der Waals surface area contributed by atoms with Crippen LogP contribution in [0.5, 0.6) is 0 Å².